The number of benzene rings is 1. The topological polar surface area (TPSA) is 75.7 Å². The van der Waals surface area contributed by atoms with Crippen molar-refractivity contribution in [3.8, 4) is 11.1 Å². The van der Waals surface area contributed by atoms with E-state index in [0.29, 0.717) is 11.4 Å². The summed E-state index contributed by atoms with van der Waals surface area (Å²) in [6.07, 6.45) is -1.02. The van der Waals surface area contributed by atoms with E-state index < -0.39 is 24.0 Å². The number of urea groups is 1. The van der Waals surface area contributed by atoms with Gasteiger partial charge < -0.3 is 10.1 Å². The van der Waals surface area contributed by atoms with Gasteiger partial charge in [-0.25, -0.2) is 9.59 Å². The fraction of sp³-hybridized carbons (Fsp3) is 0.235. The van der Waals surface area contributed by atoms with Crippen LogP contribution >= 0.6 is 11.3 Å². The molecule has 1 saturated heterocycles. The molecule has 24 heavy (non-hydrogen) atoms. The van der Waals surface area contributed by atoms with E-state index in [1.807, 2.05) is 36.4 Å². The summed E-state index contributed by atoms with van der Waals surface area (Å²) in [4.78, 5) is 37.7. The number of hydrogen-bond acceptors (Lipinski definition) is 5. The van der Waals surface area contributed by atoms with Crippen molar-refractivity contribution in [3.05, 3.63) is 46.7 Å². The molecule has 0 spiro atoms. The molecule has 3 rings (SSSR count). The zero-order valence-corrected chi connectivity index (χ0v) is 13.8. The molecule has 6 nitrogen and oxygen atoms in total. The Morgan fingerprint density at radius 3 is 2.67 bits per heavy atom. The monoisotopic (exact) mass is 344 g/mol. The van der Waals surface area contributed by atoms with Crippen LogP contribution in [0.1, 0.15) is 16.6 Å². The number of hydrogen-bond donors (Lipinski definition) is 1. The Hall–Kier alpha value is -2.67. The number of thiophene rings is 1. The van der Waals surface area contributed by atoms with Gasteiger partial charge in [-0.2, -0.15) is 0 Å². The number of rotatable bonds is 4. The number of ether oxygens (including phenoxy) is 1. The van der Waals surface area contributed by atoms with Gasteiger partial charge in [-0.1, -0.05) is 30.3 Å². The molecule has 1 fully saturated rings. The highest BCUT2D eigenvalue weighted by Crippen LogP contribution is 2.29. The number of nitrogens with zero attached hydrogens (tertiary/aromatic N) is 1. The van der Waals surface area contributed by atoms with Gasteiger partial charge >= 0.3 is 12.0 Å². The van der Waals surface area contributed by atoms with E-state index in [0.717, 1.165) is 16.0 Å². The van der Waals surface area contributed by atoms with Gasteiger partial charge in [-0.3, -0.25) is 9.69 Å². The quantitative estimate of drug-likeness (QED) is 0.865. The van der Waals surface area contributed by atoms with Crippen LogP contribution in [-0.2, 0) is 9.53 Å². The highest BCUT2D eigenvalue weighted by molar-refractivity contribution is 7.12. The summed E-state index contributed by atoms with van der Waals surface area (Å²) in [5.41, 5.74) is 1.67. The van der Waals surface area contributed by atoms with Crippen molar-refractivity contribution < 1.29 is 19.1 Å². The van der Waals surface area contributed by atoms with Gasteiger partial charge in [0.2, 0.25) is 0 Å². The molecule has 1 unspecified atom stereocenters. The Balaban J connectivity index is 1.73. The summed E-state index contributed by atoms with van der Waals surface area (Å²) in [5, 5.41) is 4.35. The van der Waals surface area contributed by atoms with E-state index in [-0.39, 0.29) is 6.54 Å². The third-order valence-corrected chi connectivity index (χ3v) is 4.58. The van der Waals surface area contributed by atoms with Gasteiger partial charge in [-0.15, -0.1) is 11.3 Å². The first-order valence-corrected chi connectivity index (χ1v) is 8.39. The third-order valence-electron chi connectivity index (χ3n) is 3.69. The lowest BCUT2D eigenvalue weighted by Crippen LogP contribution is -2.41. The number of carbonyl (C=O) groups excluding carboxylic acids is 3. The summed E-state index contributed by atoms with van der Waals surface area (Å²) in [5.74, 6) is -1.08. The highest BCUT2D eigenvalue weighted by atomic mass is 32.1. The summed E-state index contributed by atoms with van der Waals surface area (Å²) in [7, 11) is 0. The number of imide groups is 1. The first-order valence-electron chi connectivity index (χ1n) is 7.51. The molecule has 2 heterocycles. The van der Waals surface area contributed by atoms with Crippen molar-refractivity contribution in [2.75, 3.05) is 13.1 Å². The van der Waals surface area contributed by atoms with Gasteiger partial charge in [0.25, 0.3) is 5.91 Å². The van der Waals surface area contributed by atoms with Gasteiger partial charge in [0.15, 0.2) is 6.10 Å². The van der Waals surface area contributed by atoms with E-state index in [2.05, 4.69) is 5.32 Å². The molecule has 7 heteroatoms. The molecular weight excluding hydrogens is 328 g/mol. The van der Waals surface area contributed by atoms with Gasteiger partial charge in [-0.05, 0) is 23.9 Å². The average Bonchev–Trinajstić information content (AvgIpc) is 3.23. The van der Waals surface area contributed by atoms with Gasteiger partial charge in [0, 0.05) is 18.7 Å². The van der Waals surface area contributed by atoms with Gasteiger partial charge in [0.05, 0.1) is 0 Å². The standard InChI is InChI=1S/C17H16N2O4S/c1-11(15(20)19-9-8-18-17(19)22)23-16(21)14-13(7-10-24-14)12-5-3-2-4-6-12/h2-7,10-11H,8-9H2,1H3,(H,18,22). The van der Waals surface area contributed by atoms with Crippen molar-refractivity contribution in [3.63, 3.8) is 0 Å². The van der Waals surface area contributed by atoms with Crippen LogP contribution in [0.3, 0.4) is 0 Å². The lowest BCUT2D eigenvalue weighted by molar-refractivity contribution is -0.135. The Kier molecular flexibility index (Phi) is 4.61. The first kappa shape index (κ1) is 16.2. The fourth-order valence-electron chi connectivity index (χ4n) is 2.48. The molecule has 1 atom stereocenters. The molecule has 3 amide bonds. The highest BCUT2D eigenvalue weighted by Gasteiger charge is 2.32. The fourth-order valence-corrected chi connectivity index (χ4v) is 3.28. The molecule has 0 radical (unpaired) electrons. The van der Waals surface area contributed by atoms with Crippen LogP contribution in [0.25, 0.3) is 11.1 Å². The van der Waals surface area contributed by atoms with Crippen LogP contribution in [0.4, 0.5) is 4.79 Å². The zero-order chi connectivity index (χ0) is 17.1. The van der Waals surface area contributed by atoms with Gasteiger partial charge in [0.1, 0.15) is 4.88 Å². The third kappa shape index (κ3) is 3.16. The molecule has 2 aromatic rings. The second kappa shape index (κ2) is 6.84. The lowest BCUT2D eigenvalue weighted by atomic mass is 10.1. The zero-order valence-electron chi connectivity index (χ0n) is 13.0. The number of esters is 1. The summed E-state index contributed by atoms with van der Waals surface area (Å²) in [6, 6.07) is 10.9. The molecule has 1 aliphatic rings. The maximum atomic E-state index is 12.4. The molecule has 1 N–H and O–H groups in total. The largest absolute Gasteiger partial charge is 0.448 e. The van der Waals surface area contributed by atoms with Crippen LogP contribution < -0.4 is 5.32 Å². The minimum absolute atomic E-state index is 0.286. The second-order valence-corrected chi connectivity index (χ2v) is 6.21. The van der Waals surface area contributed by atoms with Crippen LogP contribution in [0, 0.1) is 0 Å². The first-order chi connectivity index (χ1) is 11.6. The van der Waals surface area contributed by atoms with E-state index in [1.54, 1.807) is 5.38 Å². The number of nitrogens with one attached hydrogen (secondary N) is 1. The molecule has 1 aliphatic heterocycles. The minimum Gasteiger partial charge on any atom is -0.448 e. The molecule has 1 aromatic carbocycles. The molecule has 0 aliphatic carbocycles. The van der Waals surface area contributed by atoms with Crippen LogP contribution in [-0.4, -0.2) is 42.0 Å². The van der Waals surface area contributed by atoms with Crippen LogP contribution in [0.2, 0.25) is 0 Å². The van der Waals surface area contributed by atoms with E-state index >= 15 is 0 Å². The van der Waals surface area contributed by atoms with Crippen molar-refractivity contribution in [1.82, 2.24) is 10.2 Å². The summed E-state index contributed by atoms with van der Waals surface area (Å²) < 4.78 is 5.28. The molecule has 0 saturated carbocycles. The SMILES string of the molecule is CC(OC(=O)c1sccc1-c1ccccc1)C(=O)N1CCNC1=O. The maximum absolute atomic E-state index is 12.4. The molecule has 124 valence electrons. The average molecular weight is 344 g/mol. The van der Waals surface area contributed by atoms with E-state index in [9.17, 15) is 14.4 Å². The number of amides is 3. The maximum Gasteiger partial charge on any atom is 0.349 e. The summed E-state index contributed by atoms with van der Waals surface area (Å²) >= 11 is 1.26. The minimum atomic E-state index is -1.02. The van der Waals surface area contributed by atoms with Crippen LogP contribution in [0.5, 0.6) is 0 Å². The predicted octanol–water partition coefficient (Wildman–Crippen LogP) is 2.51. The second-order valence-electron chi connectivity index (χ2n) is 5.30. The van der Waals surface area contributed by atoms with Crippen molar-refractivity contribution >= 4 is 29.2 Å². The number of carbonyl (C=O) groups is 3. The van der Waals surface area contributed by atoms with Crippen LogP contribution in [0.15, 0.2) is 41.8 Å². The molecular formula is C17H16N2O4S. The lowest BCUT2D eigenvalue weighted by Gasteiger charge is -2.18. The molecule has 1 aromatic heterocycles. The van der Waals surface area contributed by atoms with E-state index in [1.165, 1.54) is 18.3 Å². The Labute approximate surface area is 143 Å². The Morgan fingerprint density at radius 1 is 1.25 bits per heavy atom. The summed E-state index contributed by atoms with van der Waals surface area (Å²) in [6.45, 7) is 2.17. The predicted molar refractivity (Wildman–Crippen MR) is 89.7 cm³/mol. The molecule has 0 bridgehead atoms. The smallest absolute Gasteiger partial charge is 0.349 e. The Bertz CT molecular complexity index is 772. The Morgan fingerprint density at radius 2 is 2.00 bits per heavy atom. The van der Waals surface area contributed by atoms with E-state index in [4.69, 9.17) is 4.74 Å². The van der Waals surface area contributed by atoms with Crippen molar-refractivity contribution in [2.45, 2.75) is 13.0 Å². The van der Waals surface area contributed by atoms with Crippen molar-refractivity contribution in [1.29, 1.82) is 0 Å². The normalized spacial score (nSPS) is 15.0. The van der Waals surface area contributed by atoms with Crippen molar-refractivity contribution in [2.24, 2.45) is 0 Å².